The van der Waals surface area contributed by atoms with Crippen molar-refractivity contribution in [3.63, 3.8) is 0 Å². The predicted molar refractivity (Wildman–Crippen MR) is 140 cm³/mol. The highest BCUT2D eigenvalue weighted by Crippen LogP contribution is 2.48. The Morgan fingerprint density at radius 3 is 2.66 bits per heavy atom. The molecular formula is C31H18N4. The molecule has 0 bridgehead atoms. The number of pyridine rings is 3. The first-order valence-electron chi connectivity index (χ1n) is 12.0. The van der Waals surface area contributed by atoms with E-state index in [1.165, 1.54) is 44.5 Å². The number of hydrogen-bond donors (Lipinski definition) is 0. The fourth-order valence-electron chi connectivity index (χ4n) is 6.48. The van der Waals surface area contributed by atoms with Crippen molar-refractivity contribution in [1.82, 2.24) is 19.4 Å². The van der Waals surface area contributed by atoms with E-state index in [9.17, 15) is 0 Å². The van der Waals surface area contributed by atoms with Crippen LogP contribution in [0.3, 0.4) is 0 Å². The van der Waals surface area contributed by atoms with Gasteiger partial charge >= 0.3 is 0 Å². The SMILES string of the molecule is c1ccc2c(c1)Cc1c-2ccc2c1-c1cc3nc4c5ccncc5c5ncccc5n4c3cc1C2. The summed E-state index contributed by atoms with van der Waals surface area (Å²) in [5.41, 5.74) is 16.4. The maximum absolute atomic E-state index is 5.18. The second-order valence-corrected chi connectivity index (χ2v) is 9.70. The zero-order valence-corrected chi connectivity index (χ0v) is 18.8. The molecule has 0 saturated heterocycles. The van der Waals surface area contributed by atoms with Gasteiger partial charge in [-0.15, -0.1) is 0 Å². The minimum absolute atomic E-state index is 0.960. The maximum Gasteiger partial charge on any atom is 0.146 e. The molecule has 0 amide bonds. The Hall–Kier alpha value is -4.57. The summed E-state index contributed by atoms with van der Waals surface area (Å²) < 4.78 is 2.28. The van der Waals surface area contributed by atoms with Gasteiger partial charge in [0.2, 0.25) is 0 Å². The average molecular weight is 447 g/mol. The van der Waals surface area contributed by atoms with Crippen LogP contribution in [0.15, 0.2) is 85.3 Å². The van der Waals surface area contributed by atoms with Crippen LogP contribution in [0.4, 0.5) is 0 Å². The maximum atomic E-state index is 5.18. The molecular weight excluding hydrogens is 428 g/mol. The third kappa shape index (κ3) is 2.15. The van der Waals surface area contributed by atoms with Crippen molar-refractivity contribution in [2.24, 2.45) is 0 Å². The molecule has 35 heavy (non-hydrogen) atoms. The highest BCUT2D eigenvalue weighted by Gasteiger charge is 2.29. The van der Waals surface area contributed by atoms with Crippen LogP contribution >= 0.6 is 0 Å². The van der Waals surface area contributed by atoms with Crippen LogP contribution < -0.4 is 0 Å². The molecule has 0 aliphatic heterocycles. The van der Waals surface area contributed by atoms with Gasteiger partial charge in [-0.05, 0) is 87.7 Å². The van der Waals surface area contributed by atoms with Crippen LogP contribution in [0, 0.1) is 0 Å². The van der Waals surface area contributed by atoms with E-state index in [0.29, 0.717) is 0 Å². The molecule has 4 heteroatoms. The zero-order chi connectivity index (χ0) is 22.7. The highest BCUT2D eigenvalue weighted by atomic mass is 15.0. The fraction of sp³-hybridized carbons (Fsp3) is 0.0645. The summed E-state index contributed by atoms with van der Waals surface area (Å²) in [6.07, 6.45) is 7.57. The van der Waals surface area contributed by atoms with Crippen molar-refractivity contribution in [2.75, 3.05) is 0 Å². The molecule has 2 aliphatic carbocycles. The first-order chi connectivity index (χ1) is 17.3. The highest BCUT2D eigenvalue weighted by molar-refractivity contribution is 6.12. The van der Waals surface area contributed by atoms with Crippen LogP contribution in [-0.2, 0) is 12.8 Å². The number of nitrogens with zero attached hydrogens (tertiary/aromatic N) is 4. The van der Waals surface area contributed by atoms with E-state index in [4.69, 9.17) is 9.97 Å². The number of aromatic nitrogens is 4. The number of imidazole rings is 1. The molecule has 4 nitrogen and oxygen atoms in total. The largest absolute Gasteiger partial charge is 0.290 e. The number of fused-ring (bicyclic) bond motifs is 15. The molecule has 0 N–H and O–H groups in total. The van der Waals surface area contributed by atoms with Gasteiger partial charge in [0.25, 0.3) is 0 Å². The summed E-state index contributed by atoms with van der Waals surface area (Å²) in [5.74, 6) is 0. The number of rotatable bonds is 0. The van der Waals surface area contributed by atoms with Crippen LogP contribution in [-0.4, -0.2) is 19.4 Å². The van der Waals surface area contributed by atoms with Gasteiger partial charge in [0, 0.05) is 29.4 Å². The van der Waals surface area contributed by atoms with E-state index in [0.717, 1.165) is 51.3 Å². The monoisotopic (exact) mass is 446 g/mol. The van der Waals surface area contributed by atoms with Gasteiger partial charge in [0.05, 0.1) is 22.1 Å². The van der Waals surface area contributed by atoms with Gasteiger partial charge < -0.3 is 0 Å². The van der Waals surface area contributed by atoms with Gasteiger partial charge in [0.1, 0.15) is 5.65 Å². The lowest BCUT2D eigenvalue weighted by Crippen LogP contribution is -1.93. The lowest BCUT2D eigenvalue weighted by atomic mass is 9.95. The molecule has 2 aliphatic rings. The van der Waals surface area contributed by atoms with E-state index in [1.54, 1.807) is 0 Å². The average Bonchev–Trinajstić information content (AvgIpc) is 3.58. The lowest BCUT2D eigenvalue weighted by molar-refractivity contribution is 1.23. The molecule has 9 rings (SSSR count). The van der Waals surface area contributed by atoms with Crippen molar-refractivity contribution >= 4 is 38.5 Å². The normalized spacial score (nSPS) is 13.5. The smallest absolute Gasteiger partial charge is 0.146 e. The first kappa shape index (κ1) is 17.8. The van der Waals surface area contributed by atoms with E-state index in [2.05, 4.69) is 70.0 Å². The molecule has 3 aromatic carbocycles. The molecule has 0 atom stereocenters. The van der Waals surface area contributed by atoms with E-state index < -0.39 is 0 Å². The van der Waals surface area contributed by atoms with E-state index >= 15 is 0 Å². The van der Waals surface area contributed by atoms with Crippen LogP contribution in [0.25, 0.3) is 60.7 Å². The van der Waals surface area contributed by atoms with Crippen molar-refractivity contribution in [3.05, 3.63) is 108 Å². The lowest BCUT2D eigenvalue weighted by Gasteiger charge is -2.09. The molecule has 4 heterocycles. The Bertz CT molecular complexity index is 2070. The Kier molecular flexibility index (Phi) is 3.11. The second kappa shape index (κ2) is 6.10. The number of hydrogen-bond acceptors (Lipinski definition) is 3. The minimum atomic E-state index is 0.960. The van der Waals surface area contributed by atoms with Crippen molar-refractivity contribution in [1.29, 1.82) is 0 Å². The van der Waals surface area contributed by atoms with Gasteiger partial charge in [-0.1, -0.05) is 36.4 Å². The molecule has 7 aromatic rings. The fourth-order valence-corrected chi connectivity index (χ4v) is 6.48. The Morgan fingerprint density at radius 2 is 1.66 bits per heavy atom. The van der Waals surface area contributed by atoms with Gasteiger partial charge in [-0.3, -0.25) is 14.4 Å². The summed E-state index contributed by atoms with van der Waals surface area (Å²) in [4.78, 5) is 14.3. The van der Waals surface area contributed by atoms with E-state index in [-0.39, 0.29) is 0 Å². The van der Waals surface area contributed by atoms with Crippen LogP contribution in [0.2, 0.25) is 0 Å². The third-order valence-corrected chi connectivity index (χ3v) is 7.95. The summed E-state index contributed by atoms with van der Waals surface area (Å²) in [7, 11) is 0. The number of benzene rings is 3. The first-order valence-corrected chi connectivity index (χ1v) is 12.0. The van der Waals surface area contributed by atoms with Gasteiger partial charge in [-0.2, -0.15) is 0 Å². The quantitative estimate of drug-likeness (QED) is 0.243. The molecule has 162 valence electrons. The van der Waals surface area contributed by atoms with Crippen LogP contribution in [0.5, 0.6) is 0 Å². The van der Waals surface area contributed by atoms with Crippen molar-refractivity contribution in [3.8, 4) is 22.3 Å². The molecule has 0 saturated carbocycles. The van der Waals surface area contributed by atoms with Crippen LogP contribution in [0.1, 0.15) is 22.3 Å². The van der Waals surface area contributed by atoms with Crippen molar-refractivity contribution in [2.45, 2.75) is 12.8 Å². The van der Waals surface area contributed by atoms with Crippen molar-refractivity contribution < 1.29 is 0 Å². The predicted octanol–water partition coefficient (Wildman–Crippen LogP) is 6.73. The summed E-state index contributed by atoms with van der Waals surface area (Å²) in [6.45, 7) is 0. The Balaban J connectivity index is 1.38. The Labute approximate surface area is 200 Å². The molecule has 0 radical (unpaired) electrons. The minimum Gasteiger partial charge on any atom is -0.290 e. The zero-order valence-electron chi connectivity index (χ0n) is 18.8. The Morgan fingerprint density at radius 1 is 0.686 bits per heavy atom. The van der Waals surface area contributed by atoms with Gasteiger partial charge in [-0.25, -0.2) is 4.98 Å². The summed E-state index contributed by atoms with van der Waals surface area (Å²) >= 11 is 0. The standard InChI is InChI=1S/C31H18N4/c1-2-5-20-17(4-1)13-24-21(20)8-7-18-12-19-14-28-26(15-23(19)29(18)24)34-31-22-9-11-32-16-25(22)30-27(35(28)31)6-3-10-33-30/h1-11,14-16H,12-13H2. The molecule has 0 unspecified atom stereocenters. The summed E-state index contributed by atoms with van der Waals surface area (Å²) in [6, 6.07) is 24.3. The summed E-state index contributed by atoms with van der Waals surface area (Å²) in [5, 5.41) is 2.12. The topological polar surface area (TPSA) is 43.1 Å². The molecule has 0 spiro atoms. The second-order valence-electron chi connectivity index (χ2n) is 9.70. The van der Waals surface area contributed by atoms with E-state index in [1.807, 2.05) is 24.7 Å². The molecule has 0 fully saturated rings. The van der Waals surface area contributed by atoms with Gasteiger partial charge in [0.15, 0.2) is 0 Å². The molecule has 4 aromatic heterocycles. The third-order valence-electron chi connectivity index (χ3n) is 7.95.